The van der Waals surface area contributed by atoms with Crippen molar-refractivity contribution in [3.05, 3.63) is 64.0 Å². The average Bonchev–Trinajstić information content (AvgIpc) is 3.05. The Balaban J connectivity index is 1.74. The molecule has 0 saturated heterocycles. The van der Waals surface area contributed by atoms with Gasteiger partial charge in [-0.05, 0) is 31.2 Å². The molecular formula is C16H13Cl2N3O3S. The van der Waals surface area contributed by atoms with Crippen LogP contribution >= 0.6 is 23.2 Å². The minimum Gasteiger partial charge on any atom is -0.338 e. The van der Waals surface area contributed by atoms with E-state index < -0.39 is 10.0 Å². The van der Waals surface area contributed by atoms with Gasteiger partial charge in [-0.25, -0.2) is 13.1 Å². The SMILES string of the molecule is Cc1cccc(-c2noc(CNS(=O)(=O)c3ccc(Cl)c(Cl)c3)n2)c1. The van der Waals surface area contributed by atoms with Crippen molar-refractivity contribution in [2.45, 2.75) is 18.4 Å². The maximum Gasteiger partial charge on any atom is 0.242 e. The monoisotopic (exact) mass is 397 g/mol. The van der Waals surface area contributed by atoms with Crippen molar-refractivity contribution in [1.29, 1.82) is 0 Å². The molecule has 0 atom stereocenters. The number of rotatable bonds is 5. The van der Waals surface area contributed by atoms with Crippen LogP contribution in [0.5, 0.6) is 0 Å². The molecule has 9 heteroatoms. The van der Waals surface area contributed by atoms with Crippen molar-refractivity contribution in [3.8, 4) is 11.4 Å². The van der Waals surface area contributed by atoms with E-state index in [1.54, 1.807) is 0 Å². The summed E-state index contributed by atoms with van der Waals surface area (Å²) in [6.07, 6.45) is 0. The lowest BCUT2D eigenvalue weighted by Gasteiger charge is -2.05. The summed E-state index contributed by atoms with van der Waals surface area (Å²) in [6.45, 7) is 1.82. The number of aryl methyl sites for hydroxylation is 1. The summed E-state index contributed by atoms with van der Waals surface area (Å²) in [5.74, 6) is 0.549. The lowest BCUT2D eigenvalue weighted by molar-refractivity contribution is 0.376. The lowest BCUT2D eigenvalue weighted by Crippen LogP contribution is -2.23. The Bertz CT molecular complexity index is 1020. The molecule has 0 spiro atoms. The van der Waals surface area contributed by atoms with Crippen LogP contribution in [-0.2, 0) is 16.6 Å². The van der Waals surface area contributed by atoms with Crippen molar-refractivity contribution < 1.29 is 12.9 Å². The highest BCUT2D eigenvalue weighted by Gasteiger charge is 2.17. The number of aromatic nitrogens is 2. The van der Waals surface area contributed by atoms with Crippen LogP contribution in [0.4, 0.5) is 0 Å². The molecule has 0 saturated carbocycles. The molecule has 1 N–H and O–H groups in total. The summed E-state index contributed by atoms with van der Waals surface area (Å²) >= 11 is 11.7. The predicted molar refractivity (Wildman–Crippen MR) is 95.0 cm³/mol. The normalized spacial score (nSPS) is 11.6. The Morgan fingerprint density at radius 2 is 1.92 bits per heavy atom. The Kier molecular flexibility index (Phi) is 5.10. The van der Waals surface area contributed by atoms with Crippen LogP contribution in [0.25, 0.3) is 11.4 Å². The molecular weight excluding hydrogens is 385 g/mol. The molecule has 0 aliphatic heterocycles. The summed E-state index contributed by atoms with van der Waals surface area (Å²) in [7, 11) is -3.78. The molecule has 0 unspecified atom stereocenters. The van der Waals surface area contributed by atoms with Gasteiger partial charge < -0.3 is 4.52 Å². The minimum absolute atomic E-state index is 0.000299. The van der Waals surface area contributed by atoms with Gasteiger partial charge in [-0.1, -0.05) is 52.1 Å². The molecule has 3 aromatic rings. The van der Waals surface area contributed by atoms with E-state index >= 15 is 0 Å². The molecule has 1 aromatic heterocycles. The number of hydrogen-bond donors (Lipinski definition) is 1. The van der Waals surface area contributed by atoms with Crippen LogP contribution in [0.1, 0.15) is 11.5 Å². The summed E-state index contributed by atoms with van der Waals surface area (Å²) in [5.41, 5.74) is 1.85. The number of benzene rings is 2. The highest BCUT2D eigenvalue weighted by Crippen LogP contribution is 2.25. The predicted octanol–water partition coefficient (Wildman–Crippen LogP) is 3.83. The molecule has 0 fully saturated rings. The Morgan fingerprint density at radius 1 is 1.12 bits per heavy atom. The molecule has 0 amide bonds. The molecule has 2 aromatic carbocycles. The van der Waals surface area contributed by atoms with Gasteiger partial charge in [0.1, 0.15) is 0 Å². The van der Waals surface area contributed by atoms with Crippen LogP contribution in [0, 0.1) is 6.92 Å². The first-order valence-corrected chi connectivity index (χ1v) is 9.43. The smallest absolute Gasteiger partial charge is 0.242 e. The Morgan fingerprint density at radius 3 is 2.64 bits per heavy atom. The van der Waals surface area contributed by atoms with Crippen molar-refractivity contribution in [3.63, 3.8) is 0 Å². The van der Waals surface area contributed by atoms with Gasteiger partial charge in [0.25, 0.3) is 0 Å². The standard InChI is InChI=1S/C16H13Cl2N3O3S/c1-10-3-2-4-11(7-10)16-20-15(24-21-16)9-19-25(22,23)12-5-6-13(17)14(18)8-12/h2-8,19H,9H2,1H3. The average molecular weight is 398 g/mol. The fourth-order valence-corrected chi connectivity index (χ4v) is 3.48. The number of nitrogens with one attached hydrogen (secondary N) is 1. The lowest BCUT2D eigenvalue weighted by atomic mass is 10.1. The van der Waals surface area contributed by atoms with Gasteiger partial charge in [0, 0.05) is 5.56 Å². The molecule has 0 aliphatic rings. The molecule has 25 heavy (non-hydrogen) atoms. The third-order valence-corrected chi connectivity index (χ3v) is 5.50. The number of hydrogen-bond acceptors (Lipinski definition) is 5. The van der Waals surface area contributed by atoms with Gasteiger partial charge in [-0.15, -0.1) is 0 Å². The van der Waals surface area contributed by atoms with Crippen molar-refractivity contribution in [2.24, 2.45) is 0 Å². The molecule has 0 aliphatic carbocycles. The van der Waals surface area contributed by atoms with E-state index in [2.05, 4.69) is 14.9 Å². The second-order valence-electron chi connectivity index (χ2n) is 5.28. The summed E-state index contributed by atoms with van der Waals surface area (Å²) in [6, 6.07) is 11.7. The molecule has 6 nitrogen and oxygen atoms in total. The first-order chi connectivity index (χ1) is 11.8. The summed E-state index contributed by atoms with van der Waals surface area (Å²) in [4.78, 5) is 4.20. The zero-order chi connectivity index (χ0) is 18.0. The van der Waals surface area contributed by atoms with Gasteiger partial charge in [-0.2, -0.15) is 4.98 Å². The molecule has 0 bridgehead atoms. The second-order valence-corrected chi connectivity index (χ2v) is 7.86. The minimum atomic E-state index is -3.78. The largest absolute Gasteiger partial charge is 0.338 e. The summed E-state index contributed by atoms with van der Waals surface area (Å²) < 4.78 is 32.1. The molecule has 1 heterocycles. The van der Waals surface area contributed by atoms with Gasteiger partial charge in [0.05, 0.1) is 21.5 Å². The second kappa shape index (κ2) is 7.13. The van der Waals surface area contributed by atoms with Crippen LogP contribution in [0.15, 0.2) is 51.9 Å². The number of halogens is 2. The van der Waals surface area contributed by atoms with E-state index in [-0.39, 0.29) is 27.4 Å². The van der Waals surface area contributed by atoms with Crippen LogP contribution in [0.3, 0.4) is 0 Å². The van der Waals surface area contributed by atoms with Crippen molar-refractivity contribution in [1.82, 2.24) is 14.9 Å². The van der Waals surface area contributed by atoms with E-state index in [1.165, 1.54) is 18.2 Å². The van der Waals surface area contributed by atoms with Crippen molar-refractivity contribution >= 4 is 33.2 Å². The number of sulfonamides is 1. The third-order valence-electron chi connectivity index (χ3n) is 3.36. The van der Waals surface area contributed by atoms with E-state index in [0.29, 0.717) is 5.82 Å². The quantitative estimate of drug-likeness (QED) is 0.706. The van der Waals surface area contributed by atoms with Crippen molar-refractivity contribution in [2.75, 3.05) is 0 Å². The zero-order valence-corrected chi connectivity index (χ0v) is 15.4. The maximum absolute atomic E-state index is 12.3. The van der Waals surface area contributed by atoms with E-state index in [1.807, 2.05) is 31.2 Å². The molecule has 0 radical (unpaired) electrons. The first-order valence-electron chi connectivity index (χ1n) is 7.19. The van der Waals surface area contributed by atoms with Gasteiger partial charge in [0.2, 0.25) is 21.7 Å². The first kappa shape index (κ1) is 17.9. The summed E-state index contributed by atoms with van der Waals surface area (Å²) in [5, 5.41) is 4.30. The highest BCUT2D eigenvalue weighted by atomic mass is 35.5. The molecule has 130 valence electrons. The Hall–Kier alpha value is -1.93. The topological polar surface area (TPSA) is 85.1 Å². The third kappa shape index (κ3) is 4.19. The number of nitrogens with zero attached hydrogens (tertiary/aromatic N) is 2. The fraction of sp³-hybridized carbons (Fsp3) is 0.125. The Labute approximate surface area is 154 Å². The van der Waals surface area contributed by atoms with Crippen LogP contribution < -0.4 is 4.72 Å². The zero-order valence-electron chi connectivity index (χ0n) is 13.0. The van der Waals surface area contributed by atoms with E-state index in [9.17, 15) is 8.42 Å². The van der Waals surface area contributed by atoms with Gasteiger partial charge in [-0.3, -0.25) is 0 Å². The molecule has 3 rings (SSSR count). The fourth-order valence-electron chi connectivity index (χ4n) is 2.11. The van der Waals surface area contributed by atoms with E-state index in [0.717, 1.165) is 11.1 Å². The van der Waals surface area contributed by atoms with Crippen LogP contribution in [0.2, 0.25) is 10.0 Å². The maximum atomic E-state index is 12.3. The van der Waals surface area contributed by atoms with Crippen LogP contribution in [-0.4, -0.2) is 18.6 Å². The van der Waals surface area contributed by atoms with E-state index in [4.69, 9.17) is 27.7 Å². The highest BCUT2D eigenvalue weighted by molar-refractivity contribution is 7.89. The van der Waals surface area contributed by atoms with Gasteiger partial charge >= 0.3 is 0 Å². The van der Waals surface area contributed by atoms with Gasteiger partial charge in [0.15, 0.2) is 0 Å².